The molecule has 0 radical (unpaired) electrons. The van der Waals surface area contributed by atoms with Crippen LogP contribution in [-0.2, 0) is 4.74 Å². The molecule has 0 amide bonds. The number of rotatable bonds is 3. The van der Waals surface area contributed by atoms with Gasteiger partial charge >= 0.3 is 6.16 Å². The zero-order valence-corrected chi connectivity index (χ0v) is 9.19. The van der Waals surface area contributed by atoms with E-state index in [-0.39, 0.29) is 0 Å². The maximum Gasteiger partial charge on any atom is 0.513 e. The van der Waals surface area contributed by atoms with E-state index in [0.717, 1.165) is 5.69 Å². The normalized spacial score (nSPS) is 9.53. The van der Waals surface area contributed by atoms with E-state index in [0.29, 0.717) is 12.4 Å². The molecule has 1 aromatic rings. The molecule has 0 spiro atoms. The highest BCUT2D eigenvalue weighted by molar-refractivity contribution is 5.69. The van der Waals surface area contributed by atoms with Gasteiger partial charge in [0.05, 0.1) is 12.3 Å². The molecule has 82 valence electrons. The molecule has 0 aliphatic carbocycles. The van der Waals surface area contributed by atoms with Crippen LogP contribution in [0, 0.1) is 0 Å². The Morgan fingerprint density at radius 3 is 2.60 bits per heavy atom. The average molecular weight is 209 g/mol. The summed E-state index contributed by atoms with van der Waals surface area (Å²) in [5, 5.41) is 0. The Morgan fingerprint density at radius 1 is 1.33 bits per heavy atom. The highest BCUT2D eigenvalue weighted by atomic mass is 16.7. The van der Waals surface area contributed by atoms with Gasteiger partial charge in [-0.05, 0) is 19.1 Å². The lowest BCUT2D eigenvalue weighted by atomic mass is 10.3. The van der Waals surface area contributed by atoms with E-state index in [1.54, 1.807) is 13.0 Å². The van der Waals surface area contributed by atoms with E-state index in [4.69, 9.17) is 9.47 Å². The predicted octanol–water partition coefficient (Wildman–Crippen LogP) is 2.29. The van der Waals surface area contributed by atoms with Crippen molar-refractivity contribution in [3.63, 3.8) is 0 Å². The van der Waals surface area contributed by atoms with Crippen LogP contribution in [0.2, 0.25) is 0 Å². The van der Waals surface area contributed by atoms with Gasteiger partial charge in [0.2, 0.25) is 0 Å². The van der Waals surface area contributed by atoms with E-state index in [1.807, 2.05) is 37.2 Å². The van der Waals surface area contributed by atoms with Crippen LogP contribution in [0.3, 0.4) is 0 Å². The fraction of sp³-hybridized carbons (Fsp3) is 0.364. The number of hydrogen-bond donors (Lipinski definition) is 0. The van der Waals surface area contributed by atoms with Gasteiger partial charge in [-0.15, -0.1) is 0 Å². The molecule has 4 nitrogen and oxygen atoms in total. The SMILES string of the molecule is CCOC(=O)Oc1ccccc1N(C)C. The zero-order valence-electron chi connectivity index (χ0n) is 9.19. The second-order valence-corrected chi connectivity index (χ2v) is 3.15. The Morgan fingerprint density at radius 2 is 2.00 bits per heavy atom. The minimum absolute atomic E-state index is 0.308. The van der Waals surface area contributed by atoms with Crippen molar-refractivity contribution >= 4 is 11.8 Å². The third kappa shape index (κ3) is 3.16. The minimum Gasteiger partial charge on any atom is -0.434 e. The lowest BCUT2D eigenvalue weighted by Crippen LogP contribution is -2.14. The van der Waals surface area contributed by atoms with E-state index >= 15 is 0 Å². The van der Waals surface area contributed by atoms with Crippen LogP contribution < -0.4 is 9.64 Å². The lowest BCUT2D eigenvalue weighted by molar-refractivity contribution is 0.104. The van der Waals surface area contributed by atoms with Gasteiger partial charge in [0.25, 0.3) is 0 Å². The van der Waals surface area contributed by atoms with Gasteiger partial charge < -0.3 is 14.4 Å². The number of ether oxygens (including phenoxy) is 2. The topological polar surface area (TPSA) is 38.8 Å². The average Bonchev–Trinajstić information content (AvgIpc) is 2.18. The highest BCUT2D eigenvalue weighted by Crippen LogP contribution is 2.26. The first-order valence-corrected chi connectivity index (χ1v) is 4.76. The molecule has 0 heterocycles. The number of carbonyl (C=O) groups is 1. The van der Waals surface area contributed by atoms with Crippen LogP contribution in [-0.4, -0.2) is 26.9 Å². The number of benzene rings is 1. The monoisotopic (exact) mass is 209 g/mol. The van der Waals surface area contributed by atoms with Crippen molar-refractivity contribution in [1.82, 2.24) is 0 Å². The quantitative estimate of drug-likeness (QED) is 0.565. The number of nitrogens with zero attached hydrogens (tertiary/aromatic N) is 1. The smallest absolute Gasteiger partial charge is 0.434 e. The van der Waals surface area contributed by atoms with Crippen LogP contribution >= 0.6 is 0 Å². The lowest BCUT2D eigenvalue weighted by Gasteiger charge is -2.16. The molecule has 0 saturated carbocycles. The molecule has 1 aromatic carbocycles. The molecule has 0 N–H and O–H groups in total. The highest BCUT2D eigenvalue weighted by Gasteiger charge is 2.10. The van der Waals surface area contributed by atoms with Gasteiger partial charge in [-0.3, -0.25) is 0 Å². The summed E-state index contributed by atoms with van der Waals surface area (Å²) in [4.78, 5) is 13.0. The van der Waals surface area contributed by atoms with Crippen molar-refractivity contribution in [3.05, 3.63) is 24.3 Å². The second-order valence-electron chi connectivity index (χ2n) is 3.15. The van der Waals surface area contributed by atoms with Crippen LogP contribution in [0.4, 0.5) is 10.5 Å². The van der Waals surface area contributed by atoms with Gasteiger partial charge in [-0.2, -0.15) is 0 Å². The first-order valence-electron chi connectivity index (χ1n) is 4.76. The van der Waals surface area contributed by atoms with E-state index in [2.05, 4.69) is 0 Å². The molecule has 15 heavy (non-hydrogen) atoms. The first-order chi connectivity index (χ1) is 7.15. The molecule has 0 atom stereocenters. The third-order valence-electron chi connectivity index (χ3n) is 1.80. The number of anilines is 1. The molecule has 0 unspecified atom stereocenters. The predicted molar refractivity (Wildman–Crippen MR) is 58.4 cm³/mol. The van der Waals surface area contributed by atoms with Gasteiger partial charge in [0.1, 0.15) is 0 Å². The Balaban J connectivity index is 2.80. The standard InChI is InChI=1S/C11H15NO3/c1-4-14-11(13)15-10-8-6-5-7-9(10)12(2)3/h5-8H,4H2,1-3H3. The molecule has 0 aliphatic rings. The van der Waals surface area contributed by atoms with Crippen LogP contribution in [0.1, 0.15) is 6.92 Å². The van der Waals surface area contributed by atoms with E-state index in [9.17, 15) is 4.79 Å². The fourth-order valence-electron chi connectivity index (χ4n) is 1.15. The summed E-state index contributed by atoms with van der Waals surface area (Å²) >= 11 is 0. The summed E-state index contributed by atoms with van der Waals surface area (Å²) in [6, 6.07) is 7.29. The summed E-state index contributed by atoms with van der Waals surface area (Å²) in [5.41, 5.74) is 0.838. The maximum atomic E-state index is 11.1. The van der Waals surface area contributed by atoms with Gasteiger partial charge in [-0.1, -0.05) is 12.1 Å². The molecule has 0 fully saturated rings. The summed E-state index contributed by atoms with van der Waals surface area (Å²) in [5.74, 6) is 0.501. The minimum atomic E-state index is -0.674. The molecule has 0 bridgehead atoms. The Bertz CT molecular complexity index is 336. The summed E-state index contributed by atoms with van der Waals surface area (Å²) in [6.07, 6.45) is -0.674. The van der Waals surface area contributed by atoms with E-state index in [1.165, 1.54) is 0 Å². The first kappa shape index (κ1) is 11.4. The van der Waals surface area contributed by atoms with Crippen molar-refractivity contribution in [1.29, 1.82) is 0 Å². The number of carbonyl (C=O) groups excluding carboxylic acids is 1. The summed E-state index contributed by atoms with van der Waals surface area (Å²) < 4.78 is 9.75. The third-order valence-corrected chi connectivity index (χ3v) is 1.80. The Kier molecular flexibility index (Phi) is 3.97. The number of para-hydroxylation sites is 2. The Hall–Kier alpha value is -1.71. The second kappa shape index (κ2) is 5.24. The van der Waals surface area contributed by atoms with Crippen molar-refractivity contribution in [2.24, 2.45) is 0 Å². The largest absolute Gasteiger partial charge is 0.513 e. The summed E-state index contributed by atoms with van der Waals surface area (Å²) in [6.45, 7) is 2.04. The van der Waals surface area contributed by atoms with Crippen LogP contribution in [0.25, 0.3) is 0 Å². The molecule has 0 aliphatic heterocycles. The maximum absolute atomic E-state index is 11.1. The molecule has 0 aromatic heterocycles. The molecular weight excluding hydrogens is 194 g/mol. The molecule has 4 heteroatoms. The fourth-order valence-corrected chi connectivity index (χ4v) is 1.15. The summed E-state index contributed by atoms with van der Waals surface area (Å²) in [7, 11) is 3.76. The van der Waals surface area contributed by atoms with E-state index < -0.39 is 6.16 Å². The molecule has 1 rings (SSSR count). The van der Waals surface area contributed by atoms with Crippen molar-refractivity contribution in [2.45, 2.75) is 6.92 Å². The van der Waals surface area contributed by atoms with Crippen LogP contribution in [0.5, 0.6) is 5.75 Å². The van der Waals surface area contributed by atoms with Gasteiger partial charge in [-0.25, -0.2) is 4.79 Å². The van der Waals surface area contributed by atoms with Crippen molar-refractivity contribution in [3.8, 4) is 5.75 Å². The van der Waals surface area contributed by atoms with Crippen LogP contribution in [0.15, 0.2) is 24.3 Å². The zero-order chi connectivity index (χ0) is 11.3. The van der Waals surface area contributed by atoms with Crippen molar-refractivity contribution < 1.29 is 14.3 Å². The van der Waals surface area contributed by atoms with Gasteiger partial charge in [0, 0.05) is 14.1 Å². The van der Waals surface area contributed by atoms with Gasteiger partial charge in [0.15, 0.2) is 5.75 Å². The number of hydrogen-bond acceptors (Lipinski definition) is 4. The molecular formula is C11H15NO3. The Labute approximate surface area is 89.4 Å². The van der Waals surface area contributed by atoms with Crippen molar-refractivity contribution in [2.75, 3.05) is 25.6 Å². The molecule has 0 saturated heterocycles.